The quantitative estimate of drug-likeness (QED) is 0.671. The second-order valence-corrected chi connectivity index (χ2v) is 9.06. The van der Waals surface area contributed by atoms with E-state index in [1.807, 2.05) is 30.6 Å². The summed E-state index contributed by atoms with van der Waals surface area (Å²) < 4.78 is 0. The standard InChI is InChI=1S/C24H29N7/c1-17-15-30(13-12-25-17)19-9-7-18(8-10-19)28-23-27-14-20-22(29-23)31(16-24(20,2)3)21-6-4-5-11-26-21/h4-11,14,17,25H,12-13,15-16H2,1-3H3,(H,27,28,29). The van der Waals surface area contributed by atoms with Crippen LogP contribution in [0.2, 0.25) is 0 Å². The number of hydrogen-bond donors (Lipinski definition) is 2. The minimum atomic E-state index is -0.0343. The van der Waals surface area contributed by atoms with Crippen molar-refractivity contribution in [2.45, 2.75) is 32.2 Å². The zero-order chi connectivity index (χ0) is 21.4. The zero-order valence-corrected chi connectivity index (χ0v) is 18.3. The fourth-order valence-corrected chi connectivity index (χ4v) is 4.43. The van der Waals surface area contributed by atoms with E-state index in [4.69, 9.17) is 4.98 Å². The van der Waals surface area contributed by atoms with Gasteiger partial charge in [-0.2, -0.15) is 4.98 Å². The predicted molar refractivity (Wildman–Crippen MR) is 126 cm³/mol. The van der Waals surface area contributed by atoms with Crippen molar-refractivity contribution in [3.05, 3.63) is 60.4 Å². The second kappa shape index (κ2) is 7.81. The van der Waals surface area contributed by atoms with E-state index >= 15 is 0 Å². The zero-order valence-electron chi connectivity index (χ0n) is 18.3. The van der Waals surface area contributed by atoms with Crippen LogP contribution >= 0.6 is 0 Å². The lowest BCUT2D eigenvalue weighted by molar-refractivity contribution is 0.485. The summed E-state index contributed by atoms with van der Waals surface area (Å²) in [6.07, 6.45) is 3.77. The summed E-state index contributed by atoms with van der Waals surface area (Å²) in [5.41, 5.74) is 3.34. The Morgan fingerprint density at radius 1 is 1.10 bits per heavy atom. The maximum Gasteiger partial charge on any atom is 0.229 e. The molecule has 160 valence electrons. The van der Waals surface area contributed by atoms with Crippen LogP contribution in [-0.4, -0.2) is 47.2 Å². The lowest BCUT2D eigenvalue weighted by Crippen LogP contribution is -2.49. The van der Waals surface area contributed by atoms with Crippen LogP contribution in [0.4, 0.5) is 29.0 Å². The average molecular weight is 416 g/mol. The Balaban J connectivity index is 1.37. The number of anilines is 5. The molecule has 3 aromatic rings. The van der Waals surface area contributed by atoms with Crippen molar-refractivity contribution in [2.75, 3.05) is 41.3 Å². The summed E-state index contributed by atoms with van der Waals surface area (Å²) in [6.45, 7) is 10.6. The highest BCUT2D eigenvalue weighted by atomic mass is 15.3. The molecule has 2 N–H and O–H groups in total. The van der Waals surface area contributed by atoms with Crippen molar-refractivity contribution in [1.29, 1.82) is 0 Å². The van der Waals surface area contributed by atoms with E-state index in [-0.39, 0.29) is 5.41 Å². The number of piperazine rings is 1. The molecule has 1 unspecified atom stereocenters. The first kappa shape index (κ1) is 19.8. The van der Waals surface area contributed by atoms with Crippen molar-refractivity contribution in [3.8, 4) is 0 Å². The van der Waals surface area contributed by atoms with Gasteiger partial charge in [-0.15, -0.1) is 0 Å². The molecular formula is C24H29N7. The number of nitrogens with one attached hydrogen (secondary N) is 2. The highest BCUT2D eigenvalue weighted by Gasteiger charge is 2.38. The van der Waals surface area contributed by atoms with Gasteiger partial charge < -0.3 is 20.4 Å². The third-order valence-corrected chi connectivity index (χ3v) is 6.09. The Hall–Kier alpha value is -3.19. The van der Waals surface area contributed by atoms with Crippen LogP contribution in [-0.2, 0) is 5.41 Å². The predicted octanol–water partition coefficient (Wildman–Crippen LogP) is 3.84. The number of benzene rings is 1. The summed E-state index contributed by atoms with van der Waals surface area (Å²) in [7, 11) is 0. The van der Waals surface area contributed by atoms with Gasteiger partial charge in [-0.25, -0.2) is 9.97 Å². The second-order valence-electron chi connectivity index (χ2n) is 9.06. The largest absolute Gasteiger partial charge is 0.369 e. The molecule has 1 saturated heterocycles. The van der Waals surface area contributed by atoms with Crippen molar-refractivity contribution in [1.82, 2.24) is 20.3 Å². The number of aromatic nitrogens is 3. The van der Waals surface area contributed by atoms with Gasteiger partial charge in [-0.05, 0) is 43.3 Å². The Morgan fingerprint density at radius 2 is 1.94 bits per heavy atom. The van der Waals surface area contributed by atoms with E-state index in [1.165, 1.54) is 5.69 Å². The molecule has 5 rings (SSSR count). The maximum atomic E-state index is 4.87. The lowest BCUT2D eigenvalue weighted by Gasteiger charge is -2.33. The molecule has 0 radical (unpaired) electrons. The van der Waals surface area contributed by atoms with Crippen LogP contribution in [0.3, 0.4) is 0 Å². The molecule has 7 heteroatoms. The van der Waals surface area contributed by atoms with Gasteiger partial charge in [-0.1, -0.05) is 19.9 Å². The monoisotopic (exact) mass is 415 g/mol. The van der Waals surface area contributed by atoms with Crippen LogP contribution in [0.25, 0.3) is 0 Å². The van der Waals surface area contributed by atoms with Gasteiger partial charge in [0.25, 0.3) is 0 Å². The van der Waals surface area contributed by atoms with E-state index in [0.29, 0.717) is 12.0 Å². The Bertz CT molecular complexity index is 1050. The number of nitrogens with zero attached hydrogens (tertiary/aromatic N) is 5. The summed E-state index contributed by atoms with van der Waals surface area (Å²) >= 11 is 0. The molecule has 1 fully saturated rings. The van der Waals surface area contributed by atoms with Gasteiger partial charge in [0.15, 0.2) is 0 Å². The average Bonchev–Trinajstić information content (AvgIpc) is 3.05. The van der Waals surface area contributed by atoms with Gasteiger partial charge in [-0.3, -0.25) is 0 Å². The summed E-state index contributed by atoms with van der Waals surface area (Å²) in [5, 5.41) is 6.86. The van der Waals surface area contributed by atoms with Crippen LogP contribution in [0.15, 0.2) is 54.9 Å². The smallest absolute Gasteiger partial charge is 0.229 e. The first-order valence-electron chi connectivity index (χ1n) is 10.9. The number of fused-ring (bicyclic) bond motifs is 1. The van der Waals surface area contributed by atoms with Gasteiger partial charge in [0.05, 0.1) is 0 Å². The minimum Gasteiger partial charge on any atom is -0.369 e. The molecule has 7 nitrogen and oxygen atoms in total. The molecule has 0 saturated carbocycles. The van der Waals surface area contributed by atoms with Crippen LogP contribution in [0, 0.1) is 0 Å². The van der Waals surface area contributed by atoms with Crippen LogP contribution in [0.1, 0.15) is 26.3 Å². The number of pyridine rings is 1. The lowest BCUT2D eigenvalue weighted by atomic mass is 9.89. The third-order valence-electron chi connectivity index (χ3n) is 6.09. The molecule has 4 heterocycles. The van der Waals surface area contributed by atoms with E-state index in [0.717, 1.165) is 49.1 Å². The first-order chi connectivity index (χ1) is 15.0. The van der Waals surface area contributed by atoms with Crippen molar-refractivity contribution in [3.63, 3.8) is 0 Å². The molecule has 0 amide bonds. The summed E-state index contributed by atoms with van der Waals surface area (Å²) in [4.78, 5) is 18.6. The van der Waals surface area contributed by atoms with Crippen LogP contribution < -0.4 is 20.4 Å². The number of rotatable bonds is 4. The fraction of sp³-hybridized carbons (Fsp3) is 0.375. The van der Waals surface area contributed by atoms with E-state index < -0.39 is 0 Å². The summed E-state index contributed by atoms with van der Waals surface area (Å²) in [5.74, 6) is 2.43. The molecule has 1 aromatic carbocycles. The molecule has 1 atom stereocenters. The SMILES string of the molecule is CC1CN(c2ccc(Nc3ncc4c(n3)N(c3ccccn3)CC4(C)C)cc2)CCN1. The van der Waals surface area contributed by atoms with Gasteiger partial charge >= 0.3 is 0 Å². The van der Waals surface area contributed by atoms with Crippen molar-refractivity contribution >= 4 is 29.0 Å². The Kier molecular flexibility index (Phi) is 4.98. The topological polar surface area (TPSA) is 69.2 Å². The molecule has 2 aliphatic rings. The van der Waals surface area contributed by atoms with E-state index in [2.05, 4.69) is 75.4 Å². The van der Waals surface area contributed by atoms with E-state index in [9.17, 15) is 0 Å². The van der Waals surface area contributed by atoms with Gasteiger partial charge in [0.2, 0.25) is 5.95 Å². The minimum absolute atomic E-state index is 0.0343. The van der Waals surface area contributed by atoms with Crippen LogP contribution in [0.5, 0.6) is 0 Å². The molecular weight excluding hydrogens is 386 g/mol. The molecule has 31 heavy (non-hydrogen) atoms. The molecule has 0 bridgehead atoms. The van der Waals surface area contributed by atoms with E-state index in [1.54, 1.807) is 0 Å². The first-order valence-corrected chi connectivity index (χ1v) is 10.9. The van der Waals surface area contributed by atoms with Crippen molar-refractivity contribution in [2.24, 2.45) is 0 Å². The highest BCUT2D eigenvalue weighted by Crippen LogP contribution is 2.42. The van der Waals surface area contributed by atoms with Gasteiger partial charge in [0, 0.05) is 67.0 Å². The Morgan fingerprint density at radius 3 is 2.68 bits per heavy atom. The summed E-state index contributed by atoms with van der Waals surface area (Å²) in [6, 6.07) is 15.0. The maximum absolute atomic E-state index is 4.87. The van der Waals surface area contributed by atoms with Crippen molar-refractivity contribution < 1.29 is 0 Å². The molecule has 0 aliphatic carbocycles. The normalized spacial score (nSPS) is 19.9. The third kappa shape index (κ3) is 3.93. The fourth-order valence-electron chi connectivity index (χ4n) is 4.43. The molecule has 2 aliphatic heterocycles. The van der Waals surface area contributed by atoms with Gasteiger partial charge in [0.1, 0.15) is 11.6 Å². The highest BCUT2D eigenvalue weighted by molar-refractivity contribution is 5.68. The molecule has 2 aromatic heterocycles. The molecule has 0 spiro atoms. The number of hydrogen-bond acceptors (Lipinski definition) is 7. The Labute approximate surface area is 183 Å².